The third kappa shape index (κ3) is 12.9. The van der Waals surface area contributed by atoms with Crippen LogP contribution in [0.3, 0.4) is 0 Å². The Morgan fingerprint density at radius 3 is 0.500 bits per heavy atom. The first-order chi connectivity index (χ1) is 47.6. The molecule has 6 spiro atoms. The molecule has 8 aromatic rings. The van der Waals surface area contributed by atoms with Gasteiger partial charge in [-0.25, -0.2) is 57.7 Å². The molecule has 0 aliphatic carbocycles. The average Bonchev–Trinajstić information content (AvgIpc) is 1.46. The molecular weight excluding hydrogens is 1330 g/mol. The van der Waals surface area contributed by atoms with E-state index in [2.05, 4.69) is 357 Å². The van der Waals surface area contributed by atoms with E-state index in [4.69, 9.17) is 38.4 Å². The topological polar surface area (TPSA) is 172 Å². The van der Waals surface area contributed by atoms with E-state index in [0.717, 1.165) is 74.6 Å². The maximum Gasteiger partial charge on any atom is 0.401 e. The molecule has 0 aromatic heterocycles. The van der Waals surface area contributed by atoms with Crippen LogP contribution in [0.5, 0.6) is 0 Å². The Kier molecular flexibility index (Phi) is 20.0. The van der Waals surface area contributed by atoms with Crippen LogP contribution in [-0.4, -0.2) is 146 Å². The number of nitrogens with zero attached hydrogens (tertiary/aromatic N) is 12. The first-order valence-corrected chi connectivity index (χ1v) is 44.3. The molecule has 8 atom stereocenters. The van der Waals surface area contributed by atoms with Gasteiger partial charge in [0.2, 0.25) is 30.0 Å². The van der Waals surface area contributed by atoms with E-state index in [1.807, 2.05) is 0 Å². The van der Waals surface area contributed by atoms with E-state index in [0.29, 0.717) is 0 Å². The van der Waals surface area contributed by atoms with Gasteiger partial charge in [0.25, 0.3) is 0 Å². The normalized spacial score (nSPS) is 28.7. The highest BCUT2D eigenvalue weighted by Gasteiger charge is 2.64. The summed E-state index contributed by atoms with van der Waals surface area (Å²) >= 11 is 0. The van der Waals surface area contributed by atoms with Gasteiger partial charge in [-0.2, -0.15) is 0 Å². The average molecular weight is 1430 g/mol. The second-order valence-corrected chi connectivity index (χ2v) is 44.4. The molecule has 6 saturated heterocycles. The highest BCUT2D eigenvalue weighted by Crippen LogP contribution is 2.80. The third-order valence-electron chi connectivity index (χ3n) is 20.9. The van der Waals surface area contributed by atoms with Crippen LogP contribution in [0.1, 0.15) is 92.8 Å². The summed E-state index contributed by atoms with van der Waals surface area (Å²) in [5.74, 6) is 0. The van der Waals surface area contributed by atoms with Gasteiger partial charge < -0.3 is 0 Å². The molecule has 8 N–H and O–H groups in total. The molecule has 7 heterocycles. The summed E-state index contributed by atoms with van der Waals surface area (Å²) in [6, 6.07) is 86.1. The van der Waals surface area contributed by atoms with E-state index >= 15 is 0 Å². The van der Waals surface area contributed by atoms with E-state index in [1.165, 1.54) is 22.3 Å². The molecule has 0 bridgehead atoms. The lowest BCUT2D eigenvalue weighted by molar-refractivity contribution is 0.463. The lowest BCUT2D eigenvalue weighted by atomic mass is 9.95. The Hall–Kier alpha value is -5.10. The Labute approximate surface area is 582 Å². The van der Waals surface area contributed by atoms with Gasteiger partial charge >= 0.3 is 15.7 Å². The molecule has 8 aromatic carbocycles. The zero-order valence-corrected chi connectivity index (χ0v) is 62.8. The summed E-state index contributed by atoms with van der Waals surface area (Å²) in [4.78, 5) is 0. The Morgan fingerprint density at radius 2 is 0.357 bits per heavy atom. The molecule has 15 rings (SSSR count). The van der Waals surface area contributed by atoms with Crippen molar-refractivity contribution in [3.63, 3.8) is 0 Å². The van der Waals surface area contributed by atoms with Crippen molar-refractivity contribution in [2.45, 2.75) is 48.3 Å². The number of likely N-dealkylation sites (N-methyl/N-ethyl adjacent to an activating group) is 8. The van der Waals surface area contributed by atoms with Gasteiger partial charge in [0.1, 0.15) is 0 Å². The number of hydrogen-bond acceptors (Lipinski definition) is 20. The van der Waals surface area contributed by atoms with Crippen molar-refractivity contribution in [3.05, 3.63) is 287 Å². The van der Waals surface area contributed by atoms with E-state index < -0.39 is 69.9 Å². The van der Waals surface area contributed by atoms with Crippen molar-refractivity contribution in [3.8, 4) is 0 Å². The summed E-state index contributed by atoms with van der Waals surface area (Å²) in [6.45, 7) is 6.31. The van der Waals surface area contributed by atoms with Gasteiger partial charge in [-0.1, -0.05) is 243 Å². The van der Waals surface area contributed by atoms with Crippen LogP contribution in [0.2, 0.25) is 0 Å². The number of rotatable bonds is 8. The second kappa shape index (κ2) is 28.6. The van der Waals surface area contributed by atoms with Gasteiger partial charge in [-0.05, 0) is 119 Å². The third-order valence-corrected chi connectivity index (χ3v) is 43.3. The van der Waals surface area contributed by atoms with Crippen molar-refractivity contribution in [1.29, 1.82) is 0 Å². The Balaban J connectivity index is 1.08. The lowest BCUT2D eigenvalue weighted by Crippen LogP contribution is -2.40. The molecule has 98 heavy (non-hydrogen) atoms. The van der Waals surface area contributed by atoms with Crippen LogP contribution in [0.4, 0.5) is 0 Å². The molecule has 512 valence electrons. The van der Waals surface area contributed by atoms with E-state index in [1.54, 1.807) is 0 Å². The molecule has 6 fully saturated rings. The zero-order valence-electron chi connectivity index (χ0n) is 57.4. The highest BCUT2D eigenvalue weighted by molar-refractivity contribution is 7.82. The molecule has 2 unspecified atom stereocenters. The van der Waals surface area contributed by atoms with Crippen molar-refractivity contribution in [1.82, 2.24) is 78.1 Å². The van der Waals surface area contributed by atoms with Gasteiger partial charge in [0, 0.05) is 52.4 Å². The number of benzene rings is 8. The van der Waals surface area contributed by atoms with Gasteiger partial charge in [-0.3, -0.25) is 0 Å². The SMILES string of the molecule is CN1CCN(C)P12=N[P+]1(N=P3(N[C@@H](c4ccccc4)C(c4ccccc4)NP4(=N[P+]5(N=P6(N[C@@H](c7ccccc7)C(c7ccccc7)N2)N(C)CCN6C)N[C@@H](c2ccccc2)[C@H](c2ccccc2)N5)N(C)CCN4C)N(C)CCN3C)N[C@@H](c2ccccc2)[C@H](c2ccccc2)N1. The predicted octanol–water partition coefficient (Wildman–Crippen LogP) is 15.3. The molecule has 20 nitrogen and oxygen atoms in total. The maximum absolute atomic E-state index is 6.80. The fourth-order valence-corrected chi connectivity index (χ4v) is 41.1. The van der Waals surface area contributed by atoms with Crippen LogP contribution in [0.15, 0.2) is 261 Å². The summed E-state index contributed by atoms with van der Waals surface area (Å²) < 4.78 is 47.5. The number of hydrogen-bond donors (Lipinski definition) is 8. The summed E-state index contributed by atoms with van der Waals surface area (Å²) in [6.07, 6.45) is 0. The van der Waals surface area contributed by atoms with Crippen LogP contribution in [0, 0.1) is 0 Å². The van der Waals surface area contributed by atoms with E-state index in [-0.39, 0.29) is 24.2 Å². The highest BCUT2D eigenvalue weighted by atomic mass is 31.3. The molecule has 7 aliphatic heterocycles. The first kappa shape index (κ1) is 68.7. The van der Waals surface area contributed by atoms with Crippen LogP contribution in [-0.2, 0) is 0 Å². The largest absolute Gasteiger partial charge is 0.401 e. The van der Waals surface area contributed by atoms with Crippen molar-refractivity contribution < 1.29 is 0 Å². The minimum absolute atomic E-state index is 0.211. The standard InChI is InChI=1S/C72H96N20P6/c1-85-49-50-86(2)95(85)77-69(61-41-25-13-26-42-61)70(62-43-27-14-28-44-62)78-97(89(5)53-54-90(97)6)83-94(75-67(59-37-21-11-22-38-59)68(76-94)60-39-23-12-24-40-60)84-98(91(7)55-56-92(98)8)80-72(64-47-31-16-32-48-64)71(63-45-29-15-30-46-63)79-96(87(3)51-52-88(96)4)82-93(81-95)73-65(57-33-17-9-18-34-57)66(74-93)58-35-19-10-20-36-58/h9-48,65-80H,49-56H2,1-8H3/q+2/t65-,66-,67-,68-,69-,70?,71?,72-/m0/s1. The maximum atomic E-state index is 6.80. The van der Waals surface area contributed by atoms with Gasteiger partial charge in [-0.15, -0.1) is 20.3 Å². The Bertz CT molecular complexity index is 3670. The smallest absolute Gasteiger partial charge is 0.247 e. The predicted molar refractivity (Wildman–Crippen MR) is 411 cm³/mol. The van der Waals surface area contributed by atoms with Gasteiger partial charge in [0.15, 0.2) is 0 Å². The van der Waals surface area contributed by atoms with Crippen molar-refractivity contribution in [2.75, 3.05) is 109 Å². The summed E-state index contributed by atoms with van der Waals surface area (Å²) in [5.41, 5.74) is 9.23. The lowest BCUT2D eigenvalue weighted by Gasteiger charge is -2.43. The fourth-order valence-electron chi connectivity index (χ4n) is 15.3. The quantitative estimate of drug-likeness (QED) is 0.0675. The monoisotopic (exact) mass is 1430 g/mol. The Morgan fingerprint density at radius 1 is 0.224 bits per heavy atom. The molecule has 0 radical (unpaired) electrons. The zero-order chi connectivity index (χ0) is 67.3. The number of nitrogens with one attached hydrogen (secondary N) is 8. The minimum Gasteiger partial charge on any atom is -0.247 e. The van der Waals surface area contributed by atoms with Crippen LogP contribution in [0.25, 0.3) is 0 Å². The minimum atomic E-state index is -3.42. The van der Waals surface area contributed by atoms with Crippen molar-refractivity contribution in [2.24, 2.45) is 18.1 Å². The van der Waals surface area contributed by atoms with Crippen LogP contribution < -0.4 is 40.7 Å². The summed E-state index contributed by atoms with van der Waals surface area (Å²) in [5, 5.41) is 36.7. The second-order valence-electron chi connectivity index (χ2n) is 27.0. The first-order valence-electron chi connectivity index (χ1n) is 34.3. The summed E-state index contributed by atoms with van der Waals surface area (Å²) in [7, 11) is -1.03. The van der Waals surface area contributed by atoms with E-state index in [9.17, 15) is 0 Å². The molecule has 0 saturated carbocycles. The fraction of sp³-hybridized carbons (Fsp3) is 0.333. The van der Waals surface area contributed by atoms with Crippen molar-refractivity contribution >= 4 is 45.8 Å². The molecular formula is C72H96N20P6+2. The molecule has 7 aliphatic rings. The molecule has 0 amide bonds. The van der Waals surface area contributed by atoms with Crippen LogP contribution >= 0.6 is 45.8 Å². The van der Waals surface area contributed by atoms with Gasteiger partial charge in [0.05, 0.1) is 48.3 Å². The molecule has 26 heteroatoms.